The summed E-state index contributed by atoms with van der Waals surface area (Å²) in [7, 11) is 1.96. The van der Waals surface area contributed by atoms with Gasteiger partial charge in [-0.3, -0.25) is 0 Å². The van der Waals surface area contributed by atoms with E-state index in [0.29, 0.717) is 5.92 Å². The Morgan fingerprint density at radius 1 is 1.57 bits per heavy atom. The number of hydrogen-bond donors (Lipinski definition) is 2. The molecule has 1 atom stereocenters. The number of nitrogen functional groups attached to an aromatic ring is 1. The summed E-state index contributed by atoms with van der Waals surface area (Å²) in [5, 5.41) is 3.17. The van der Waals surface area contributed by atoms with Gasteiger partial charge in [0.25, 0.3) is 0 Å². The van der Waals surface area contributed by atoms with Crippen molar-refractivity contribution in [2.45, 2.75) is 6.42 Å². The van der Waals surface area contributed by atoms with E-state index in [1.54, 1.807) is 0 Å². The molecule has 1 aliphatic rings. The molecule has 14 heavy (non-hydrogen) atoms. The summed E-state index contributed by atoms with van der Waals surface area (Å²) in [5.41, 5.74) is 7.92. The van der Waals surface area contributed by atoms with Gasteiger partial charge in [0.2, 0.25) is 0 Å². The average Bonchev–Trinajstić information content (AvgIpc) is 2.20. The van der Waals surface area contributed by atoms with Gasteiger partial charge in [0.15, 0.2) is 0 Å². The quantitative estimate of drug-likeness (QED) is 0.688. The molecule has 3 nitrogen and oxygen atoms in total. The molecule has 3 heteroatoms. The third kappa shape index (κ3) is 1.68. The van der Waals surface area contributed by atoms with Gasteiger partial charge in [-0.15, -0.1) is 0 Å². The second-order valence-electron chi connectivity index (χ2n) is 3.76. The molecule has 1 unspecified atom stereocenters. The van der Waals surface area contributed by atoms with Crippen molar-refractivity contribution in [3.8, 4) is 5.75 Å². The van der Waals surface area contributed by atoms with Crippen LogP contribution in [0, 0.1) is 5.92 Å². The van der Waals surface area contributed by atoms with Crippen molar-refractivity contribution in [2.75, 3.05) is 25.9 Å². The largest absolute Gasteiger partial charge is 0.493 e. The van der Waals surface area contributed by atoms with E-state index >= 15 is 0 Å². The molecule has 0 amide bonds. The lowest BCUT2D eigenvalue weighted by atomic mass is 9.95. The maximum atomic E-state index is 5.90. The zero-order valence-corrected chi connectivity index (χ0v) is 8.42. The Labute approximate surface area is 84.3 Å². The van der Waals surface area contributed by atoms with Crippen molar-refractivity contribution < 1.29 is 4.74 Å². The molecule has 76 valence electrons. The van der Waals surface area contributed by atoms with Crippen molar-refractivity contribution in [3.05, 3.63) is 23.8 Å². The highest BCUT2D eigenvalue weighted by Crippen LogP contribution is 2.31. The van der Waals surface area contributed by atoms with E-state index in [-0.39, 0.29) is 0 Å². The highest BCUT2D eigenvalue weighted by atomic mass is 16.5. The standard InChI is InChI=1S/C11H16N2O/c1-13-6-8-5-9-10(12)3-2-4-11(9)14-7-8/h2-4,8,13H,5-7,12H2,1H3. The molecule has 1 aromatic rings. The Morgan fingerprint density at radius 2 is 2.43 bits per heavy atom. The van der Waals surface area contributed by atoms with Crippen LogP contribution in [0.2, 0.25) is 0 Å². The first-order valence-electron chi connectivity index (χ1n) is 4.96. The summed E-state index contributed by atoms with van der Waals surface area (Å²) in [4.78, 5) is 0. The van der Waals surface area contributed by atoms with Gasteiger partial charge >= 0.3 is 0 Å². The second kappa shape index (κ2) is 3.88. The maximum Gasteiger partial charge on any atom is 0.124 e. The van der Waals surface area contributed by atoms with E-state index in [4.69, 9.17) is 10.5 Å². The van der Waals surface area contributed by atoms with Crippen LogP contribution >= 0.6 is 0 Å². The number of nitrogens with one attached hydrogen (secondary N) is 1. The monoisotopic (exact) mass is 192 g/mol. The number of hydrogen-bond acceptors (Lipinski definition) is 3. The molecule has 1 aliphatic heterocycles. The molecule has 3 N–H and O–H groups in total. The van der Waals surface area contributed by atoms with Gasteiger partial charge < -0.3 is 15.8 Å². The van der Waals surface area contributed by atoms with E-state index in [9.17, 15) is 0 Å². The van der Waals surface area contributed by atoms with E-state index in [0.717, 1.165) is 31.0 Å². The summed E-state index contributed by atoms with van der Waals surface area (Å²) in [6.45, 7) is 1.77. The lowest BCUT2D eigenvalue weighted by molar-refractivity contribution is 0.221. The lowest BCUT2D eigenvalue weighted by Gasteiger charge is -2.26. The number of anilines is 1. The zero-order chi connectivity index (χ0) is 9.97. The van der Waals surface area contributed by atoms with Gasteiger partial charge in [0.05, 0.1) is 6.61 Å². The minimum absolute atomic E-state index is 0.539. The van der Waals surface area contributed by atoms with Crippen LogP contribution in [0.25, 0.3) is 0 Å². The van der Waals surface area contributed by atoms with Gasteiger partial charge in [0, 0.05) is 23.7 Å². The van der Waals surface area contributed by atoms with E-state index in [1.807, 2.05) is 25.2 Å². The fourth-order valence-corrected chi connectivity index (χ4v) is 1.91. The Bertz CT molecular complexity index is 325. The Kier molecular flexibility index (Phi) is 2.59. The second-order valence-corrected chi connectivity index (χ2v) is 3.76. The average molecular weight is 192 g/mol. The molecule has 0 saturated heterocycles. The van der Waals surface area contributed by atoms with Crippen molar-refractivity contribution in [1.82, 2.24) is 5.32 Å². The van der Waals surface area contributed by atoms with Gasteiger partial charge in [-0.2, -0.15) is 0 Å². The molecule has 1 heterocycles. The topological polar surface area (TPSA) is 47.3 Å². The summed E-state index contributed by atoms with van der Waals surface area (Å²) in [5.74, 6) is 1.49. The fraction of sp³-hybridized carbons (Fsp3) is 0.455. The summed E-state index contributed by atoms with van der Waals surface area (Å²) < 4.78 is 5.65. The zero-order valence-electron chi connectivity index (χ0n) is 8.42. The van der Waals surface area contributed by atoms with Crippen LogP contribution in [0.5, 0.6) is 5.75 Å². The summed E-state index contributed by atoms with van der Waals surface area (Å²) >= 11 is 0. The molecule has 0 bridgehead atoms. The van der Waals surface area contributed by atoms with Crippen molar-refractivity contribution >= 4 is 5.69 Å². The van der Waals surface area contributed by atoms with Crippen molar-refractivity contribution in [2.24, 2.45) is 5.92 Å². The molecule has 0 saturated carbocycles. The lowest BCUT2D eigenvalue weighted by Crippen LogP contribution is -2.29. The maximum absolute atomic E-state index is 5.90. The molecule has 0 fully saturated rings. The Morgan fingerprint density at radius 3 is 3.21 bits per heavy atom. The molecule has 0 spiro atoms. The van der Waals surface area contributed by atoms with Gasteiger partial charge in [-0.05, 0) is 25.6 Å². The van der Waals surface area contributed by atoms with E-state index in [2.05, 4.69) is 5.32 Å². The first-order chi connectivity index (χ1) is 6.81. The summed E-state index contributed by atoms with van der Waals surface area (Å²) in [6.07, 6.45) is 1.02. The number of ether oxygens (including phenoxy) is 1. The normalized spacial score (nSPS) is 19.9. The first kappa shape index (κ1) is 9.34. The fourth-order valence-electron chi connectivity index (χ4n) is 1.91. The number of fused-ring (bicyclic) bond motifs is 1. The number of nitrogens with two attached hydrogens (primary N) is 1. The third-order valence-electron chi connectivity index (χ3n) is 2.63. The van der Waals surface area contributed by atoms with Crippen LogP contribution in [0.3, 0.4) is 0 Å². The highest BCUT2D eigenvalue weighted by Gasteiger charge is 2.20. The van der Waals surface area contributed by atoms with Crippen LogP contribution in [0.1, 0.15) is 5.56 Å². The van der Waals surface area contributed by atoms with Crippen LogP contribution < -0.4 is 15.8 Å². The van der Waals surface area contributed by atoms with Gasteiger partial charge in [-0.25, -0.2) is 0 Å². The Hall–Kier alpha value is -1.22. The third-order valence-corrected chi connectivity index (χ3v) is 2.63. The minimum atomic E-state index is 0.539. The van der Waals surface area contributed by atoms with Crippen LogP contribution in [0.4, 0.5) is 5.69 Å². The molecule has 2 rings (SSSR count). The number of rotatable bonds is 2. The van der Waals surface area contributed by atoms with Crippen LogP contribution in [-0.2, 0) is 6.42 Å². The van der Waals surface area contributed by atoms with Gasteiger partial charge in [-0.1, -0.05) is 6.07 Å². The summed E-state index contributed by atoms with van der Waals surface area (Å²) in [6, 6.07) is 5.86. The molecule has 1 aromatic carbocycles. The molecular weight excluding hydrogens is 176 g/mol. The Balaban J connectivity index is 2.20. The van der Waals surface area contributed by atoms with Crippen LogP contribution in [-0.4, -0.2) is 20.2 Å². The predicted molar refractivity (Wildman–Crippen MR) is 57.5 cm³/mol. The molecule has 0 aliphatic carbocycles. The number of benzene rings is 1. The smallest absolute Gasteiger partial charge is 0.124 e. The predicted octanol–water partition coefficient (Wildman–Crippen LogP) is 1.04. The SMILES string of the molecule is CNCC1COc2cccc(N)c2C1. The van der Waals surface area contributed by atoms with Crippen molar-refractivity contribution in [3.63, 3.8) is 0 Å². The first-order valence-corrected chi connectivity index (χ1v) is 4.96. The molecule has 0 radical (unpaired) electrons. The van der Waals surface area contributed by atoms with E-state index in [1.165, 1.54) is 5.56 Å². The van der Waals surface area contributed by atoms with E-state index < -0.39 is 0 Å². The van der Waals surface area contributed by atoms with Gasteiger partial charge in [0.1, 0.15) is 5.75 Å². The van der Waals surface area contributed by atoms with Crippen LogP contribution in [0.15, 0.2) is 18.2 Å². The minimum Gasteiger partial charge on any atom is -0.493 e. The highest BCUT2D eigenvalue weighted by molar-refractivity contribution is 5.55. The molecule has 0 aromatic heterocycles. The van der Waals surface area contributed by atoms with Crippen molar-refractivity contribution in [1.29, 1.82) is 0 Å². The molecular formula is C11H16N2O.